The van der Waals surface area contributed by atoms with E-state index in [1.54, 1.807) is 0 Å². The van der Waals surface area contributed by atoms with Crippen molar-refractivity contribution in [1.29, 1.82) is 0 Å². The highest BCUT2D eigenvalue weighted by Crippen LogP contribution is 2.28. The van der Waals surface area contributed by atoms with Crippen LogP contribution in [0.4, 0.5) is 10.1 Å². The average molecular weight is 293 g/mol. The third kappa shape index (κ3) is 2.61. The maximum atomic E-state index is 13.3. The van der Waals surface area contributed by atoms with Crippen LogP contribution in [0.3, 0.4) is 0 Å². The molecule has 6 nitrogen and oxygen atoms in total. The zero-order valence-electron chi connectivity index (χ0n) is 11.4. The summed E-state index contributed by atoms with van der Waals surface area (Å²) in [5, 5.41) is 13.8. The second-order valence-electron chi connectivity index (χ2n) is 5.53. The Hall–Kier alpha value is -2.02. The molecule has 2 aliphatic rings. The third-order valence-corrected chi connectivity index (χ3v) is 4.32. The van der Waals surface area contributed by atoms with E-state index in [2.05, 4.69) is 10.2 Å². The first kappa shape index (κ1) is 13.9. The molecular formula is C14H16FN3O3. The van der Waals surface area contributed by atoms with Gasteiger partial charge in [-0.25, -0.2) is 4.39 Å². The van der Waals surface area contributed by atoms with Crippen LogP contribution in [0.25, 0.3) is 0 Å². The standard InChI is InChI=1S/C14H16FN3O3/c15-9-3-4-12(18(20)21)10(8-9)14(19)16-11-5-7-17-6-1-2-13(11)17/h3-4,8,11,13H,1-2,5-7H2,(H,16,19). The van der Waals surface area contributed by atoms with Crippen molar-refractivity contribution in [3.8, 4) is 0 Å². The number of nitrogens with zero attached hydrogens (tertiary/aromatic N) is 2. The van der Waals surface area contributed by atoms with E-state index in [0.29, 0.717) is 6.04 Å². The van der Waals surface area contributed by atoms with Crippen LogP contribution in [-0.2, 0) is 0 Å². The van der Waals surface area contributed by atoms with Gasteiger partial charge in [0.15, 0.2) is 0 Å². The van der Waals surface area contributed by atoms with Gasteiger partial charge in [-0.05, 0) is 37.9 Å². The van der Waals surface area contributed by atoms with Crippen LogP contribution >= 0.6 is 0 Å². The summed E-state index contributed by atoms with van der Waals surface area (Å²) in [6.07, 6.45) is 2.97. The fourth-order valence-electron chi connectivity index (χ4n) is 3.35. The highest BCUT2D eigenvalue weighted by molar-refractivity contribution is 5.98. The molecule has 1 amide bonds. The maximum Gasteiger partial charge on any atom is 0.282 e. The lowest BCUT2D eigenvalue weighted by Gasteiger charge is -2.21. The molecule has 21 heavy (non-hydrogen) atoms. The van der Waals surface area contributed by atoms with E-state index >= 15 is 0 Å². The summed E-state index contributed by atoms with van der Waals surface area (Å²) in [5.74, 6) is -1.22. The minimum atomic E-state index is -0.662. The van der Waals surface area contributed by atoms with E-state index in [9.17, 15) is 19.3 Å². The van der Waals surface area contributed by atoms with Gasteiger partial charge in [-0.15, -0.1) is 0 Å². The molecule has 0 aliphatic carbocycles. The minimum absolute atomic E-state index is 0.0112. The van der Waals surface area contributed by atoms with Crippen molar-refractivity contribution >= 4 is 11.6 Å². The van der Waals surface area contributed by atoms with Gasteiger partial charge in [-0.1, -0.05) is 0 Å². The highest BCUT2D eigenvalue weighted by atomic mass is 19.1. The molecule has 2 saturated heterocycles. The van der Waals surface area contributed by atoms with Crippen molar-refractivity contribution in [3.63, 3.8) is 0 Å². The Balaban J connectivity index is 1.79. The third-order valence-electron chi connectivity index (χ3n) is 4.32. The number of amides is 1. The summed E-state index contributed by atoms with van der Waals surface area (Å²) in [7, 11) is 0. The Bertz CT molecular complexity index is 593. The molecule has 0 radical (unpaired) electrons. The van der Waals surface area contributed by atoms with Gasteiger partial charge in [0.25, 0.3) is 11.6 Å². The summed E-state index contributed by atoms with van der Waals surface area (Å²) >= 11 is 0. The number of hydrogen-bond acceptors (Lipinski definition) is 4. The average Bonchev–Trinajstić information content (AvgIpc) is 3.03. The topological polar surface area (TPSA) is 75.5 Å². The summed E-state index contributed by atoms with van der Waals surface area (Å²) in [6, 6.07) is 3.24. The van der Waals surface area contributed by atoms with E-state index in [1.165, 1.54) is 0 Å². The minimum Gasteiger partial charge on any atom is -0.347 e. The van der Waals surface area contributed by atoms with Crippen LogP contribution in [0.1, 0.15) is 29.6 Å². The first-order valence-corrected chi connectivity index (χ1v) is 7.05. The van der Waals surface area contributed by atoms with Crippen LogP contribution in [0.2, 0.25) is 0 Å². The van der Waals surface area contributed by atoms with Crippen molar-refractivity contribution in [1.82, 2.24) is 10.2 Å². The number of nitro groups is 1. The normalized spacial score (nSPS) is 24.8. The fourth-order valence-corrected chi connectivity index (χ4v) is 3.35. The molecule has 0 spiro atoms. The largest absolute Gasteiger partial charge is 0.347 e. The molecule has 3 rings (SSSR count). The lowest BCUT2D eigenvalue weighted by molar-refractivity contribution is -0.385. The number of carbonyl (C=O) groups excluding carboxylic acids is 1. The Morgan fingerprint density at radius 3 is 2.95 bits per heavy atom. The Labute approximate surface area is 121 Å². The molecule has 1 N–H and O–H groups in total. The van der Waals surface area contributed by atoms with E-state index in [4.69, 9.17) is 0 Å². The summed E-state index contributed by atoms with van der Waals surface area (Å²) < 4.78 is 13.3. The lowest BCUT2D eigenvalue weighted by Crippen LogP contribution is -2.42. The number of fused-ring (bicyclic) bond motifs is 1. The lowest BCUT2D eigenvalue weighted by atomic mass is 10.1. The van der Waals surface area contributed by atoms with Crippen LogP contribution in [0.15, 0.2) is 18.2 Å². The number of hydrogen-bond donors (Lipinski definition) is 1. The predicted octanol–water partition coefficient (Wildman–Crippen LogP) is 1.70. The van der Waals surface area contributed by atoms with Crippen molar-refractivity contribution in [2.75, 3.05) is 13.1 Å². The molecule has 0 aromatic heterocycles. The van der Waals surface area contributed by atoms with Crippen LogP contribution in [0, 0.1) is 15.9 Å². The van der Waals surface area contributed by atoms with Gasteiger partial charge >= 0.3 is 0 Å². The number of carbonyl (C=O) groups is 1. The fraction of sp³-hybridized carbons (Fsp3) is 0.500. The molecule has 2 atom stereocenters. The molecule has 2 fully saturated rings. The van der Waals surface area contributed by atoms with Crippen molar-refractivity contribution < 1.29 is 14.1 Å². The highest BCUT2D eigenvalue weighted by Gasteiger charge is 2.38. The number of benzene rings is 1. The molecule has 0 bridgehead atoms. The quantitative estimate of drug-likeness (QED) is 0.680. The second-order valence-corrected chi connectivity index (χ2v) is 5.53. The smallest absolute Gasteiger partial charge is 0.282 e. The molecule has 0 saturated carbocycles. The van der Waals surface area contributed by atoms with E-state index in [0.717, 1.165) is 50.6 Å². The van der Waals surface area contributed by atoms with Gasteiger partial charge in [-0.2, -0.15) is 0 Å². The summed E-state index contributed by atoms with van der Waals surface area (Å²) in [6.45, 7) is 1.97. The Kier molecular flexibility index (Phi) is 3.59. The summed E-state index contributed by atoms with van der Waals surface area (Å²) in [5.41, 5.74) is -0.577. The van der Waals surface area contributed by atoms with Crippen LogP contribution in [0.5, 0.6) is 0 Å². The van der Waals surface area contributed by atoms with E-state index in [1.807, 2.05) is 0 Å². The van der Waals surface area contributed by atoms with E-state index < -0.39 is 16.6 Å². The molecule has 2 aliphatic heterocycles. The van der Waals surface area contributed by atoms with Crippen molar-refractivity contribution in [2.24, 2.45) is 0 Å². The van der Waals surface area contributed by atoms with Gasteiger partial charge in [0.1, 0.15) is 11.4 Å². The van der Waals surface area contributed by atoms with Gasteiger partial charge in [0, 0.05) is 24.7 Å². The number of rotatable bonds is 3. The first-order valence-electron chi connectivity index (χ1n) is 7.05. The van der Waals surface area contributed by atoms with Gasteiger partial charge in [0.2, 0.25) is 0 Å². The van der Waals surface area contributed by atoms with Crippen LogP contribution < -0.4 is 5.32 Å². The monoisotopic (exact) mass is 293 g/mol. The second kappa shape index (κ2) is 5.40. The maximum absolute atomic E-state index is 13.3. The number of nitro benzene ring substituents is 1. The molecule has 2 heterocycles. The van der Waals surface area contributed by atoms with Gasteiger partial charge in [0.05, 0.1) is 4.92 Å². The number of nitrogens with one attached hydrogen (secondary N) is 1. The zero-order valence-corrected chi connectivity index (χ0v) is 11.4. The zero-order chi connectivity index (χ0) is 15.0. The molecule has 112 valence electrons. The van der Waals surface area contributed by atoms with E-state index in [-0.39, 0.29) is 17.3 Å². The number of halogens is 1. The molecule has 2 unspecified atom stereocenters. The Morgan fingerprint density at radius 2 is 2.19 bits per heavy atom. The molecular weight excluding hydrogens is 277 g/mol. The molecule has 1 aromatic rings. The SMILES string of the molecule is O=C(NC1CCN2CCCC12)c1cc(F)ccc1[N+](=O)[O-]. The predicted molar refractivity (Wildman–Crippen MR) is 73.5 cm³/mol. The summed E-state index contributed by atoms with van der Waals surface area (Å²) in [4.78, 5) is 24.9. The van der Waals surface area contributed by atoms with Crippen molar-refractivity contribution in [2.45, 2.75) is 31.3 Å². The molecule has 1 aromatic carbocycles. The van der Waals surface area contributed by atoms with Crippen LogP contribution in [-0.4, -0.2) is 40.9 Å². The van der Waals surface area contributed by atoms with Gasteiger partial charge < -0.3 is 5.32 Å². The van der Waals surface area contributed by atoms with Gasteiger partial charge in [-0.3, -0.25) is 19.8 Å². The first-order chi connectivity index (χ1) is 10.1. The molecule has 7 heteroatoms. The Morgan fingerprint density at radius 1 is 1.38 bits per heavy atom. The van der Waals surface area contributed by atoms with Crippen molar-refractivity contribution in [3.05, 3.63) is 39.7 Å².